The number of carbonyl (C=O) groups excluding carboxylic acids is 1. The standard InChI is InChI=1S/C16H26N4O.C2H6/c1-12(2)15(19-11-17-3)10-14-9-13(7-6-8-18-14)16(21)20(4)5;1-2/h6,8-9,11-12,15H,7,10H2,1-5H3,(H,17,19);1-2H3. The van der Waals surface area contributed by atoms with E-state index >= 15 is 0 Å². The van der Waals surface area contributed by atoms with Gasteiger partial charge in [-0.3, -0.25) is 14.8 Å². The highest BCUT2D eigenvalue weighted by atomic mass is 16.2. The van der Waals surface area contributed by atoms with Crippen LogP contribution in [0.4, 0.5) is 0 Å². The SMILES string of the molecule is CC.CN=CNC(CC1=NC=CCC(C(=O)N(C)C)=C1)C(C)C. The molecular weight excluding hydrogens is 288 g/mol. The van der Waals surface area contributed by atoms with Gasteiger partial charge in [0.25, 0.3) is 0 Å². The van der Waals surface area contributed by atoms with E-state index in [2.05, 4.69) is 29.1 Å². The fraction of sp³-hybridized carbons (Fsp3) is 0.611. The van der Waals surface area contributed by atoms with Gasteiger partial charge in [-0.25, -0.2) is 0 Å². The van der Waals surface area contributed by atoms with Gasteiger partial charge < -0.3 is 10.2 Å². The Hall–Kier alpha value is -1.91. The van der Waals surface area contributed by atoms with Gasteiger partial charge in [0.15, 0.2) is 0 Å². The Bertz CT molecular complexity index is 473. The number of hydrogen-bond acceptors (Lipinski definition) is 3. The Morgan fingerprint density at radius 3 is 2.61 bits per heavy atom. The molecule has 23 heavy (non-hydrogen) atoms. The highest BCUT2D eigenvalue weighted by Gasteiger charge is 2.17. The molecule has 0 saturated carbocycles. The van der Waals surface area contributed by atoms with E-state index in [9.17, 15) is 4.79 Å². The van der Waals surface area contributed by atoms with Crippen molar-refractivity contribution in [3.8, 4) is 0 Å². The molecular formula is C18H32N4O. The van der Waals surface area contributed by atoms with Gasteiger partial charge in [-0.1, -0.05) is 33.8 Å². The van der Waals surface area contributed by atoms with Crippen molar-refractivity contribution in [3.05, 3.63) is 23.9 Å². The summed E-state index contributed by atoms with van der Waals surface area (Å²) in [7, 11) is 5.28. The van der Waals surface area contributed by atoms with Gasteiger partial charge >= 0.3 is 0 Å². The van der Waals surface area contributed by atoms with E-state index < -0.39 is 0 Å². The molecule has 1 amide bonds. The minimum Gasteiger partial charge on any atom is -0.373 e. The van der Waals surface area contributed by atoms with Gasteiger partial charge in [0.05, 0.1) is 6.34 Å². The van der Waals surface area contributed by atoms with Crippen LogP contribution in [0.15, 0.2) is 33.9 Å². The molecule has 0 aromatic rings. The van der Waals surface area contributed by atoms with Gasteiger partial charge in [-0.15, -0.1) is 0 Å². The molecule has 0 aromatic carbocycles. The molecule has 0 aromatic heterocycles. The molecule has 0 radical (unpaired) electrons. The largest absolute Gasteiger partial charge is 0.373 e. The highest BCUT2D eigenvalue weighted by Crippen LogP contribution is 2.14. The fourth-order valence-corrected chi connectivity index (χ4v) is 2.06. The minimum absolute atomic E-state index is 0.0402. The Morgan fingerprint density at radius 2 is 2.09 bits per heavy atom. The van der Waals surface area contributed by atoms with E-state index in [0.29, 0.717) is 12.3 Å². The Balaban J connectivity index is 0.00000232. The molecule has 0 aliphatic carbocycles. The van der Waals surface area contributed by atoms with E-state index in [1.807, 2.05) is 26.0 Å². The zero-order chi connectivity index (χ0) is 17.8. The maximum atomic E-state index is 12.1. The van der Waals surface area contributed by atoms with Gasteiger partial charge in [-0.05, 0) is 18.4 Å². The summed E-state index contributed by atoms with van der Waals surface area (Å²) in [6, 6.07) is 0.242. The van der Waals surface area contributed by atoms with E-state index in [1.165, 1.54) is 0 Å². The second-order valence-electron chi connectivity index (χ2n) is 5.69. The molecule has 1 aliphatic rings. The number of nitrogens with one attached hydrogen (secondary N) is 1. The lowest BCUT2D eigenvalue weighted by Gasteiger charge is -2.21. The molecule has 5 nitrogen and oxygen atoms in total. The summed E-state index contributed by atoms with van der Waals surface area (Å²) in [4.78, 5) is 22.1. The summed E-state index contributed by atoms with van der Waals surface area (Å²) in [5, 5.41) is 3.28. The monoisotopic (exact) mass is 320 g/mol. The lowest BCUT2D eigenvalue weighted by atomic mass is 9.97. The van der Waals surface area contributed by atoms with Gasteiger partial charge in [0.1, 0.15) is 0 Å². The normalized spacial score (nSPS) is 15.3. The van der Waals surface area contributed by atoms with Crippen LogP contribution in [0.1, 0.15) is 40.5 Å². The van der Waals surface area contributed by atoms with Crippen molar-refractivity contribution in [3.63, 3.8) is 0 Å². The average Bonchev–Trinajstić information content (AvgIpc) is 2.77. The average molecular weight is 320 g/mol. The summed E-state index contributed by atoms with van der Waals surface area (Å²) in [5.41, 5.74) is 1.70. The van der Waals surface area contributed by atoms with Crippen LogP contribution in [0.2, 0.25) is 0 Å². The third kappa shape index (κ3) is 7.77. The van der Waals surface area contributed by atoms with E-state index in [1.54, 1.807) is 38.6 Å². The van der Waals surface area contributed by atoms with Crippen LogP contribution in [0, 0.1) is 5.92 Å². The maximum Gasteiger partial charge on any atom is 0.249 e. The first kappa shape index (κ1) is 21.1. The lowest BCUT2D eigenvalue weighted by molar-refractivity contribution is -0.124. The van der Waals surface area contributed by atoms with Crippen LogP contribution in [-0.4, -0.2) is 50.0 Å². The van der Waals surface area contributed by atoms with Crippen molar-refractivity contribution in [2.75, 3.05) is 21.1 Å². The van der Waals surface area contributed by atoms with Crippen LogP contribution in [0.3, 0.4) is 0 Å². The lowest BCUT2D eigenvalue weighted by Crippen LogP contribution is -2.34. The Morgan fingerprint density at radius 1 is 1.43 bits per heavy atom. The number of allylic oxidation sites excluding steroid dienone is 2. The van der Waals surface area contributed by atoms with Crippen molar-refractivity contribution in [2.45, 2.75) is 46.6 Å². The number of hydrogen-bond donors (Lipinski definition) is 1. The summed E-state index contributed by atoms with van der Waals surface area (Å²) in [6.07, 6.45) is 8.73. The maximum absolute atomic E-state index is 12.1. The van der Waals surface area contributed by atoms with E-state index in [4.69, 9.17) is 0 Å². The third-order valence-electron chi connectivity index (χ3n) is 3.36. The third-order valence-corrected chi connectivity index (χ3v) is 3.36. The van der Waals surface area contributed by atoms with Crippen molar-refractivity contribution >= 4 is 18.0 Å². The fourth-order valence-electron chi connectivity index (χ4n) is 2.06. The zero-order valence-electron chi connectivity index (χ0n) is 15.6. The molecule has 1 heterocycles. The van der Waals surface area contributed by atoms with Gasteiger partial charge in [0, 0.05) is 51.1 Å². The molecule has 0 fully saturated rings. The molecule has 1 aliphatic heterocycles. The summed E-state index contributed by atoms with van der Waals surface area (Å²) in [6.45, 7) is 8.31. The van der Waals surface area contributed by atoms with Gasteiger partial charge in [0.2, 0.25) is 5.91 Å². The van der Waals surface area contributed by atoms with Gasteiger partial charge in [-0.2, -0.15) is 0 Å². The van der Waals surface area contributed by atoms with Crippen molar-refractivity contribution in [1.82, 2.24) is 10.2 Å². The topological polar surface area (TPSA) is 57.1 Å². The van der Waals surface area contributed by atoms with Crippen molar-refractivity contribution in [1.29, 1.82) is 0 Å². The predicted molar refractivity (Wildman–Crippen MR) is 100 cm³/mol. The predicted octanol–water partition coefficient (Wildman–Crippen LogP) is 3.05. The summed E-state index contributed by atoms with van der Waals surface area (Å²) in [5.74, 6) is 0.484. The first-order chi connectivity index (χ1) is 11.0. The number of carbonyl (C=O) groups is 1. The molecule has 5 heteroatoms. The molecule has 0 bridgehead atoms. The van der Waals surface area contributed by atoms with Crippen molar-refractivity contribution < 1.29 is 4.79 Å². The second kappa shape index (κ2) is 11.6. The molecule has 130 valence electrons. The minimum atomic E-state index is 0.0402. The van der Waals surface area contributed by atoms with E-state index in [0.717, 1.165) is 17.7 Å². The quantitative estimate of drug-likeness (QED) is 0.604. The first-order valence-electron chi connectivity index (χ1n) is 8.26. The first-order valence-corrected chi connectivity index (χ1v) is 8.26. The number of likely N-dealkylation sites (N-methyl/N-ethyl adjacent to an activating group) is 1. The molecule has 1 atom stereocenters. The molecule has 1 N–H and O–H groups in total. The van der Waals surface area contributed by atoms with Crippen LogP contribution in [0.5, 0.6) is 0 Å². The molecule has 1 rings (SSSR count). The zero-order valence-corrected chi connectivity index (χ0v) is 15.6. The summed E-state index contributed by atoms with van der Waals surface area (Å²) < 4.78 is 0. The number of nitrogens with zero attached hydrogens (tertiary/aromatic N) is 3. The van der Waals surface area contributed by atoms with Crippen LogP contribution in [0.25, 0.3) is 0 Å². The Labute approximate surface area is 141 Å². The van der Waals surface area contributed by atoms with Crippen LogP contribution < -0.4 is 5.32 Å². The molecule has 1 unspecified atom stereocenters. The van der Waals surface area contributed by atoms with Crippen LogP contribution in [-0.2, 0) is 4.79 Å². The summed E-state index contributed by atoms with van der Waals surface area (Å²) >= 11 is 0. The Kier molecular flexibility index (Phi) is 10.7. The van der Waals surface area contributed by atoms with Crippen LogP contribution >= 0.6 is 0 Å². The van der Waals surface area contributed by atoms with E-state index in [-0.39, 0.29) is 11.9 Å². The molecule has 0 spiro atoms. The number of rotatable bonds is 6. The number of aliphatic imine (C=N–C) groups is 2. The highest BCUT2D eigenvalue weighted by molar-refractivity contribution is 6.04. The second-order valence-corrected chi connectivity index (χ2v) is 5.69. The molecule has 0 saturated heterocycles. The number of amides is 1. The smallest absolute Gasteiger partial charge is 0.249 e. The van der Waals surface area contributed by atoms with Crippen molar-refractivity contribution in [2.24, 2.45) is 15.9 Å².